The van der Waals surface area contributed by atoms with Gasteiger partial charge in [-0.1, -0.05) is 18.2 Å². The first-order chi connectivity index (χ1) is 11.6. The zero-order valence-electron chi connectivity index (χ0n) is 14.8. The Labute approximate surface area is 144 Å². The molecule has 0 radical (unpaired) electrons. The Bertz CT molecular complexity index is 626. The maximum Gasteiger partial charge on any atom is 0.321 e. The van der Waals surface area contributed by atoms with Crippen LogP contribution < -0.4 is 10.1 Å². The second kappa shape index (κ2) is 7.26. The van der Waals surface area contributed by atoms with E-state index in [0.29, 0.717) is 6.04 Å². The molecule has 1 aromatic rings. The summed E-state index contributed by atoms with van der Waals surface area (Å²) in [5.41, 5.74) is 2.88. The maximum atomic E-state index is 12.6. The molecule has 24 heavy (non-hydrogen) atoms. The van der Waals surface area contributed by atoms with Crippen LogP contribution in [-0.4, -0.2) is 55.2 Å². The number of piperidine rings is 1. The van der Waals surface area contributed by atoms with Gasteiger partial charge in [0.05, 0.1) is 7.11 Å². The molecule has 0 unspecified atom stereocenters. The van der Waals surface area contributed by atoms with E-state index in [-0.39, 0.29) is 6.03 Å². The summed E-state index contributed by atoms with van der Waals surface area (Å²) in [6, 6.07) is 4.52. The average Bonchev–Trinajstić information content (AvgIpc) is 3.12. The molecule has 2 amide bonds. The number of hydrogen-bond acceptors (Lipinski definition) is 3. The van der Waals surface area contributed by atoms with Crippen molar-refractivity contribution in [3.05, 3.63) is 35.4 Å². The van der Waals surface area contributed by atoms with Crippen LogP contribution in [0.3, 0.4) is 0 Å². The lowest BCUT2D eigenvalue weighted by atomic mass is 10.0. The Morgan fingerprint density at radius 2 is 1.83 bits per heavy atom. The van der Waals surface area contributed by atoms with Crippen LogP contribution in [0.15, 0.2) is 24.3 Å². The first kappa shape index (κ1) is 16.8. The van der Waals surface area contributed by atoms with E-state index in [0.717, 1.165) is 61.6 Å². The Morgan fingerprint density at radius 3 is 2.46 bits per heavy atom. The van der Waals surface area contributed by atoms with Crippen molar-refractivity contribution in [1.29, 1.82) is 0 Å². The van der Waals surface area contributed by atoms with E-state index in [1.165, 1.54) is 0 Å². The number of benzene rings is 1. The molecule has 130 valence electrons. The number of urea groups is 1. The maximum absolute atomic E-state index is 12.6. The van der Waals surface area contributed by atoms with Gasteiger partial charge in [0.15, 0.2) is 0 Å². The van der Waals surface area contributed by atoms with Crippen LogP contribution in [-0.2, 0) is 0 Å². The number of methoxy groups -OCH3 is 1. The standard InChI is InChI=1S/C19H27N3O2/c1-14-6-7-17(15(2)18(14)24-3)20-19(23)22-12-8-16(9-13-22)21-10-4-5-11-21/h4-7,16H,8-13H2,1-3H3,(H,20,23). The summed E-state index contributed by atoms with van der Waals surface area (Å²) in [7, 11) is 1.67. The summed E-state index contributed by atoms with van der Waals surface area (Å²) in [6.07, 6.45) is 6.55. The Morgan fingerprint density at radius 1 is 1.17 bits per heavy atom. The second-order valence-corrected chi connectivity index (χ2v) is 6.66. The average molecular weight is 329 g/mol. The van der Waals surface area contributed by atoms with Gasteiger partial charge in [-0.3, -0.25) is 4.90 Å². The third-order valence-electron chi connectivity index (χ3n) is 5.16. The van der Waals surface area contributed by atoms with Gasteiger partial charge in [0.2, 0.25) is 0 Å². The van der Waals surface area contributed by atoms with Crippen LogP contribution in [0.25, 0.3) is 0 Å². The smallest absolute Gasteiger partial charge is 0.321 e. The molecular formula is C19H27N3O2. The molecule has 1 saturated heterocycles. The van der Waals surface area contributed by atoms with Gasteiger partial charge in [-0.2, -0.15) is 0 Å². The minimum Gasteiger partial charge on any atom is -0.496 e. The second-order valence-electron chi connectivity index (χ2n) is 6.66. The normalized spacial score (nSPS) is 18.9. The fourth-order valence-electron chi connectivity index (χ4n) is 3.70. The van der Waals surface area contributed by atoms with Crippen LogP contribution >= 0.6 is 0 Å². The van der Waals surface area contributed by atoms with E-state index in [1.807, 2.05) is 30.9 Å². The van der Waals surface area contributed by atoms with Crippen LogP contribution in [0.4, 0.5) is 10.5 Å². The first-order valence-corrected chi connectivity index (χ1v) is 8.69. The van der Waals surface area contributed by atoms with Gasteiger partial charge in [-0.05, 0) is 38.3 Å². The number of aryl methyl sites for hydroxylation is 1. The minimum atomic E-state index is -0.0120. The molecule has 1 N–H and O–H groups in total. The number of nitrogens with zero attached hydrogens (tertiary/aromatic N) is 2. The van der Waals surface area contributed by atoms with E-state index in [1.54, 1.807) is 7.11 Å². The third kappa shape index (κ3) is 3.41. The van der Waals surface area contributed by atoms with Crippen molar-refractivity contribution in [3.8, 4) is 5.75 Å². The van der Waals surface area contributed by atoms with E-state index in [9.17, 15) is 4.79 Å². The van der Waals surface area contributed by atoms with Gasteiger partial charge in [0.25, 0.3) is 0 Å². The molecule has 5 heteroatoms. The molecule has 0 spiro atoms. The molecule has 2 heterocycles. The van der Waals surface area contributed by atoms with E-state index in [4.69, 9.17) is 4.74 Å². The molecule has 2 aliphatic heterocycles. The molecule has 0 atom stereocenters. The highest BCUT2D eigenvalue weighted by Crippen LogP contribution is 2.29. The zero-order valence-corrected chi connectivity index (χ0v) is 14.8. The van der Waals surface area contributed by atoms with Gasteiger partial charge < -0.3 is 15.0 Å². The zero-order chi connectivity index (χ0) is 17.1. The number of nitrogens with one attached hydrogen (secondary N) is 1. The quantitative estimate of drug-likeness (QED) is 0.866. The van der Waals surface area contributed by atoms with Crippen LogP contribution in [0.1, 0.15) is 24.0 Å². The van der Waals surface area contributed by atoms with Crippen molar-refractivity contribution in [3.63, 3.8) is 0 Å². The summed E-state index contributed by atoms with van der Waals surface area (Å²) in [4.78, 5) is 17.0. The van der Waals surface area contributed by atoms with Crippen molar-refractivity contribution in [2.45, 2.75) is 32.7 Å². The lowest BCUT2D eigenvalue weighted by Crippen LogP contribution is -2.47. The number of hydrogen-bond donors (Lipinski definition) is 1. The number of rotatable bonds is 3. The highest BCUT2D eigenvalue weighted by molar-refractivity contribution is 5.90. The minimum absolute atomic E-state index is 0.0120. The lowest BCUT2D eigenvalue weighted by molar-refractivity contribution is 0.144. The van der Waals surface area contributed by atoms with Crippen LogP contribution in [0.2, 0.25) is 0 Å². The number of amides is 2. The molecule has 0 aliphatic carbocycles. The molecule has 0 saturated carbocycles. The summed E-state index contributed by atoms with van der Waals surface area (Å²) in [6.45, 7) is 7.73. The summed E-state index contributed by atoms with van der Waals surface area (Å²) in [5.74, 6) is 0.841. The molecule has 2 aliphatic rings. The number of ether oxygens (including phenoxy) is 1. The van der Waals surface area contributed by atoms with Gasteiger partial charge in [-0.15, -0.1) is 0 Å². The summed E-state index contributed by atoms with van der Waals surface area (Å²) >= 11 is 0. The Hall–Kier alpha value is -2.01. The van der Waals surface area contributed by atoms with Crippen molar-refractivity contribution < 1.29 is 9.53 Å². The Balaban J connectivity index is 1.58. The molecule has 0 bridgehead atoms. The summed E-state index contributed by atoms with van der Waals surface area (Å²) < 4.78 is 5.44. The highest BCUT2D eigenvalue weighted by atomic mass is 16.5. The third-order valence-corrected chi connectivity index (χ3v) is 5.16. The molecule has 1 aromatic carbocycles. The lowest BCUT2D eigenvalue weighted by Gasteiger charge is -2.36. The number of anilines is 1. The number of likely N-dealkylation sites (tertiary alicyclic amines) is 1. The van der Waals surface area contributed by atoms with Gasteiger partial charge in [-0.25, -0.2) is 4.79 Å². The van der Waals surface area contributed by atoms with Crippen LogP contribution in [0, 0.1) is 13.8 Å². The highest BCUT2D eigenvalue weighted by Gasteiger charge is 2.27. The van der Waals surface area contributed by atoms with Gasteiger partial charge in [0.1, 0.15) is 5.75 Å². The molecule has 5 nitrogen and oxygen atoms in total. The molecular weight excluding hydrogens is 302 g/mol. The van der Waals surface area contributed by atoms with Crippen molar-refractivity contribution >= 4 is 11.7 Å². The van der Waals surface area contributed by atoms with E-state index >= 15 is 0 Å². The fourth-order valence-corrected chi connectivity index (χ4v) is 3.70. The number of carbonyl (C=O) groups is 1. The SMILES string of the molecule is COc1c(C)ccc(NC(=O)N2CCC(N3CC=CC3)CC2)c1C. The summed E-state index contributed by atoms with van der Waals surface area (Å²) in [5, 5.41) is 3.05. The monoisotopic (exact) mass is 329 g/mol. The van der Waals surface area contributed by atoms with Crippen LogP contribution in [0.5, 0.6) is 5.75 Å². The Kier molecular flexibility index (Phi) is 5.09. The molecule has 1 fully saturated rings. The largest absolute Gasteiger partial charge is 0.496 e. The first-order valence-electron chi connectivity index (χ1n) is 8.69. The van der Waals surface area contributed by atoms with Crippen molar-refractivity contribution in [2.24, 2.45) is 0 Å². The van der Waals surface area contributed by atoms with Crippen molar-refractivity contribution in [1.82, 2.24) is 9.80 Å². The van der Waals surface area contributed by atoms with Gasteiger partial charge >= 0.3 is 6.03 Å². The van der Waals surface area contributed by atoms with E-state index < -0.39 is 0 Å². The topological polar surface area (TPSA) is 44.8 Å². The van der Waals surface area contributed by atoms with E-state index in [2.05, 4.69) is 22.4 Å². The predicted octanol–water partition coefficient (Wildman–Crippen LogP) is 3.18. The predicted molar refractivity (Wildman–Crippen MR) is 96.8 cm³/mol. The van der Waals surface area contributed by atoms with Crippen molar-refractivity contribution in [2.75, 3.05) is 38.6 Å². The molecule has 0 aromatic heterocycles. The number of carbonyl (C=O) groups excluding carboxylic acids is 1. The fraction of sp³-hybridized carbons (Fsp3) is 0.526. The van der Waals surface area contributed by atoms with Gasteiger partial charge in [0, 0.05) is 43.5 Å². The molecule has 3 rings (SSSR count).